The number of benzene rings is 2. The zero-order chi connectivity index (χ0) is 20.9. The SMILES string of the molecule is CCN(CC)C1=N/C(=C(/N)Sc2ccccc2)Nc2ccc(N3CCOCC3)cc21. The predicted octanol–water partition coefficient (Wildman–Crippen LogP) is 3.91. The normalized spacial score (nSPS) is 17.7. The summed E-state index contributed by atoms with van der Waals surface area (Å²) >= 11 is 1.53. The summed E-state index contributed by atoms with van der Waals surface area (Å²) in [6, 6.07) is 16.7. The Bertz CT molecular complexity index is 934. The summed E-state index contributed by atoms with van der Waals surface area (Å²) < 4.78 is 5.51. The van der Waals surface area contributed by atoms with E-state index in [1.54, 1.807) is 0 Å². The Hall–Kier alpha value is -2.64. The van der Waals surface area contributed by atoms with Crippen LogP contribution in [0.2, 0.25) is 0 Å². The molecule has 0 spiro atoms. The highest BCUT2D eigenvalue weighted by Crippen LogP contribution is 2.33. The van der Waals surface area contributed by atoms with Crippen LogP contribution in [-0.2, 0) is 4.74 Å². The molecule has 6 nitrogen and oxygen atoms in total. The van der Waals surface area contributed by atoms with Crippen molar-refractivity contribution in [3.8, 4) is 0 Å². The number of nitrogens with zero attached hydrogens (tertiary/aromatic N) is 3. The van der Waals surface area contributed by atoms with Gasteiger partial charge in [0.2, 0.25) is 0 Å². The lowest BCUT2D eigenvalue weighted by Crippen LogP contribution is -2.37. The fourth-order valence-electron chi connectivity index (χ4n) is 3.71. The maximum Gasteiger partial charge on any atom is 0.163 e. The van der Waals surface area contributed by atoms with Crippen molar-refractivity contribution in [2.75, 3.05) is 49.6 Å². The molecular weight excluding hydrogens is 394 g/mol. The lowest BCUT2D eigenvalue weighted by Gasteiger charge is -2.32. The van der Waals surface area contributed by atoms with E-state index >= 15 is 0 Å². The molecule has 2 heterocycles. The highest BCUT2D eigenvalue weighted by atomic mass is 32.2. The van der Waals surface area contributed by atoms with Gasteiger partial charge in [-0.15, -0.1) is 0 Å². The number of hydrogen-bond donors (Lipinski definition) is 2. The highest BCUT2D eigenvalue weighted by molar-refractivity contribution is 8.03. The quantitative estimate of drug-likeness (QED) is 0.711. The Morgan fingerprint density at radius 1 is 1.13 bits per heavy atom. The van der Waals surface area contributed by atoms with Crippen LogP contribution in [0.15, 0.2) is 69.3 Å². The van der Waals surface area contributed by atoms with Crippen molar-refractivity contribution in [2.45, 2.75) is 18.7 Å². The predicted molar refractivity (Wildman–Crippen MR) is 126 cm³/mol. The van der Waals surface area contributed by atoms with Crippen molar-refractivity contribution in [3.05, 3.63) is 64.9 Å². The molecule has 30 heavy (non-hydrogen) atoms. The van der Waals surface area contributed by atoms with Crippen molar-refractivity contribution >= 4 is 29.0 Å². The van der Waals surface area contributed by atoms with Crippen LogP contribution in [0.1, 0.15) is 19.4 Å². The number of morpholine rings is 1. The summed E-state index contributed by atoms with van der Waals surface area (Å²) in [5, 5.41) is 4.12. The van der Waals surface area contributed by atoms with Gasteiger partial charge < -0.3 is 25.6 Å². The van der Waals surface area contributed by atoms with Crippen molar-refractivity contribution < 1.29 is 4.74 Å². The molecule has 4 rings (SSSR count). The molecule has 1 fully saturated rings. The number of aliphatic imine (C=N–C) groups is 1. The van der Waals surface area contributed by atoms with E-state index in [0.29, 0.717) is 10.9 Å². The van der Waals surface area contributed by atoms with Gasteiger partial charge in [-0.2, -0.15) is 0 Å². The van der Waals surface area contributed by atoms with Crippen LogP contribution < -0.4 is 16.0 Å². The number of amidine groups is 1. The smallest absolute Gasteiger partial charge is 0.163 e. The number of rotatable bonds is 5. The molecule has 3 N–H and O–H groups in total. The van der Waals surface area contributed by atoms with E-state index in [1.165, 1.54) is 17.4 Å². The Morgan fingerprint density at radius 2 is 1.87 bits per heavy atom. The Kier molecular flexibility index (Phi) is 6.50. The monoisotopic (exact) mass is 423 g/mol. The van der Waals surface area contributed by atoms with E-state index in [1.807, 2.05) is 18.2 Å². The first-order valence-electron chi connectivity index (χ1n) is 10.5. The number of hydrogen-bond acceptors (Lipinski definition) is 7. The molecule has 2 aromatic rings. The molecule has 0 atom stereocenters. The van der Waals surface area contributed by atoms with Crippen LogP contribution in [-0.4, -0.2) is 50.1 Å². The van der Waals surface area contributed by atoms with Gasteiger partial charge in [0, 0.05) is 42.3 Å². The number of ether oxygens (including phenoxy) is 1. The van der Waals surface area contributed by atoms with Crippen LogP contribution in [0.3, 0.4) is 0 Å². The van der Waals surface area contributed by atoms with Crippen LogP contribution >= 0.6 is 11.8 Å². The van der Waals surface area contributed by atoms with E-state index in [4.69, 9.17) is 15.5 Å². The third-order valence-electron chi connectivity index (χ3n) is 5.36. The van der Waals surface area contributed by atoms with Crippen molar-refractivity contribution in [2.24, 2.45) is 10.7 Å². The van der Waals surface area contributed by atoms with E-state index in [-0.39, 0.29) is 0 Å². The highest BCUT2D eigenvalue weighted by Gasteiger charge is 2.24. The first-order chi connectivity index (χ1) is 14.7. The summed E-state index contributed by atoms with van der Waals surface area (Å²) in [5.74, 6) is 1.67. The Labute approximate surface area is 182 Å². The zero-order valence-electron chi connectivity index (χ0n) is 17.6. The van der Waals surface area contributed by atoms with Crippen molar-refractivity contribution in [1.82, 2.24) is 4.90 Å². The molecule has 1 saturated heterocycles. The fourth-order valence-corrected chi connectivity index (χ4v) is 4.45. The second kappa shape index (κ2) is 9.45. The molecule has 0 unspecified atom stereocenters. The molecule has 7 heteroatoms. The Morgan fingerprint density at radius 3 is 2.57 bits per heavy atom. The van der Waals surface area contributed by atoms with Gasteiger partial charge in [0.25, 0.3) is 0 Å². The van der Waals surface area contributed by atoms with E-state index < -0.39 is 0 Å². The summed E-state index contributed by atoms with van der Waals surface area (Å²) in [5.41, 5.74) is 9.82. The standard InChI is InChI=1S/C23H29N5OS/c1-3-27(4-2)23-19-16-17(28-12-14-29-15-13-28)10-11-20(19)25-22(26-23)21(24)30-18-8-6-5-7-9-18/h5-11,16,25H,3-4,12-15,24H2,1-2H3/b22-21-. The number of fused-ring (bicyclic) bond motifs is 1. The minimum Gasteiger partial charge on any atom is -0.390 e. The van der Waals surface area contributed by atoms with Gasteiger partial charge in [-0.1, -0.05) is 30.0 Å². The first-order valence-corrected chi connectivity index (χ1v) is 11.3. The molecule has 0 aliphatic carbocycles. The van der Waals surface area contributed by atoms with Gasteiger partial charge >= 0.3 is 0 Å². The van der Waals surface area contributed by atoms with Crippen molar-refractivity contribution in [3.63, 3.8) is 0 Å². The van der Waals surface area contributed by atoms with E-state index in [9.17, 15) is 0 Å². The maximum atomic E-state index is 6.46. The van der Waals surface area contributed by atoms with Crippen LogP contribution in [0, 0.1) is 0 Å². The summed E-state index contributed by atoms with van der Waals surface area (Å²) in [7, 11) is 0. The molecule has 158 valence electrons. The molecule has 0 amide bonds. The minimum absolute atomic E-state index is 0.661. The maximum absolute atomic E-state index is 6.46. The van der Waals surface area contributed by atoms with Crippen molar-refractivity contribution in [1.29, 1.82) is 0 Å². The Balaban J connectivity index is 1.71. The third-order valence-corrected chi connectivity index (χ3v) is 6.28. The van der Waals surface area contributed by atoms with Crippen LogP contribution in [0.4, 0.5) is 11.4 Å². The average Bonchev–Trinajstić information content (AvgIpc) is 2.80. The van der Waals surface area contributed by atoms with Gasteiger partial charge in [-0.3, -0.25) is 0 Å². The molecule has 2 aliphatic rings. The van der Waals surface area contributed by atoms with Crippen LogP contribution in [0.5, 0.6) is 0 Å². The first kappa shape index (κ1) is 20.6. The summed E-state index contributed by atoms with van der Waals surface area (Å²) in [6.07, 6.45) is 0. The molecular formula is C23H29N5OS. The zero-order valence-corrected chi connectivity index (χ0v) is 18.4. The lowest BCUT2D eigenvalue weighted by molar-refractivity contribution is 0.122. The van der Waals surface area contributed by atoms with Gasteiger partial charge in [-0.25, -0.2) is 4.99 Å². The summed E-state index contributed by atoms with van der Waals surface area (Å²) in [4.78, 5) is 10.7. The largest absolute Gasteiger partial charge is 0.390 e. The van der Waals surface area contributed by atoms with Gasteiger partial charge in [-0.05, 0) is 44.2 Å². The molecule has 0 aromatic heterocycles. The molecule has 2 aromatic carbocycles. The molecule has 0 bridgehead atoms. The number of nitrogens with one attached hydrogen (secondary N) is 1. The van der Waals surface area contributed by atoms with Crippen LogP contribution in [0.25, 0.3) is 0 Å². The van der Waals surface area contributed by atoms with Gasteiger partial charge in [0.1, 0.15) is 10.9 Å². The fraction of sp³-hybridized carbons (Fsp3) is 0.348. The molecule has 0 saturated carbocycles. The second-order valence-corrected chi connectivity index (χ2v) is 8.31. The minimum atomic E-state index is 0.661. The number of nitrogens with two attached hydrogens (primary N) is 1. The third kappa shape index (κ3) is 4.42. The second-order valence-electron chi connectivity index (χ2n) is 7.19. The topological polar surface area (TPSA) is 66.1 Å². The van der Waals surface area contributed by atoms with E-state index in [2.05, 4.69) is 59.3 Å². The van der Waals surface area contributed by atoms with E-state index in [0.717, 1.165) is 61.4 Å². The molecule has 0 radical (unpaired) electrons. The number of thioether (sulfide) groups is 1. The van der Waals surface area contributed by atoms with Gasteiger partial charge in [0.05, 0.1) is 18.9 Å². The lowest BCUT2D eigenvalue weighted by atomic mass is 10.1. The van der Waals surface area contributed by atoms with Gasteiger partial charge in [0.15, 0.2) is 5.82 Å². The summed E-state index contributed by atoms with van der Waals surface area (Å²) in [6.45, 7) is 9.45. The average molecular weight is 424 g/mol. The number of anilines is 2. The molecule has 2 aliphatic heterocycles.